The van der Waals surface area contributed by atoms with Crippen LogP contribution in [0.1, 0.15) is 22.6 Å². The number of alkyl carbamates (subject to hydrolysis) is 1. The molecule has 0 unspecified atom stereocenters. The monoisotopic (exact) mass is 579 g/mol. The molecule has 11 heteroatoms. The summed E-state index contributed by atoms with van der Waals surface area (Å²) in [5, 5.41) is 42.3. The Balaban J connectivity index is 1.25. The number of carbonyl (C=O) groups excluding carboxylic acids is 2. The molecular formula is C31H33NO10. The highest BCUT2D eigenvalue weighted by Crippen LogP contribution is 2.44. The second-order valence-electron chi connectivity index (χ2n) is 10.1. The van der Waals surface area contributed by atoms with Crippen molar-refractivity contribution in [2.45, 2.75) is 49.3 Å². The third-order valence-electron chi connectivity index (χ3n) is 7.42. The van der Waals surface area contributed by atoms with Crippen LogP contribution in [0.5, 0.6) is 0 Å². The number of esters is 1. The third kappa shape index (κ3) is 6.46. The molecule has 0 spiro atoms. The molecule has 1 heterocycles. The lowest BCUT2D eigenvalue weighted by Crippen LogP contribution is -2.59. The van der Waals surface area contributed by atoms with Gasteiger partial charge in [-0.2, -0.15) is 0 Å². The molecule has 0 bridgehead atoms. The number of amides is 1. The molecule has 1 saturated heterocycles. The summed E-state index contributed by atoms with van der Waals surface area (Å²) in [7, 11) is 0. The zero-order chi connectivity index (χ0) is 29.6. The van der Waals surface area contributed by atoms with E-state index < -0.39 is 62.0 Å². The second kappa shape index (κ2) is 13.4. The fraction of sp³-hybridized carbons (Fsp3) is 0.355. The Hall–Kier alpha value is -3.84. The van der Waals surface area contributed by atoms with Gasteiger partial charge in [-0.05, 0) is 27.8 Å². The molecule has 11 nitrogen and oxygen atoms in total. The Morgan fingerprint density at radius 1 is 0.810 bits per heavy atom. The highest BCUT2D eigenvalue weighted by atomic mass is 16.7. The number of aliphatic hydroxyl groups is 4. The first kappa shape index (κ1) is 29.6. The molecule has 1 aliphatic heterocycles. The normalized spacial score (nSPS) is 23.9. The average Bonchev–Trinajstić information content (AvgIpc) is 3.34. The van der Waals surface area contributed by atoms with Gasteiger partial charge in [0, 0.05) is 5.92 Å². The maximum atomic E-state index is 13.0. The molecule has 6 atom stereocenters. The van der Waals surface area contributed by atoms with Crippen LogP contribution in [-0.2, 0) is 30.3 Å². The van der Waals surface area contributed by atoms with Gasteiger partial charge in [-0.1, -0.05) is 78.9 Å². The van der Waals surface area contributed by atoms with E-state index in [1.54, 1.807) is 24.3 Å². The van der Waals surface area contributed by atoms with E-state index in [-0.39, 0.29) is 19.1 Å². The lowest BCUT2D eigenvalue weighted by Gasteiger charge is -2.39. The van der Waals surface area contributed by atoms with Gasteiger partial charge in [-0.25, -0.2) is 9.59 Å². The van der Waals surface area contributed by atoms with Crippen LogP contribution < -0.4 is 5.32 Å². The highest BCUT2D eigenvalue weighted by Gasteiger charge is 2.44. The first-order valence-corrected chi connectivity index (χ1v) is 13.6. The number of ether oxygens (including phenoxy) is 4. The van der Waals surface area contributed by atoms with Gasteiger partial charge in [0.15, 0.2) is 12.3 Å². The topological polar surface area (TPSA) is 164 Å². The summed E-state index contributed by atoms with van der Waals surface area (Å²) in [6.45, 7) is -1.23. The summed E-state index contributed by atoms with van der Waals surface area (Å²) in [5.74, 6) is -1.03. The van der Waals surface area contributed by atoms with Crippen molar-refractivity contribution in [3.63, 3.8) is 0 Å². The maximum Gasteiger partial charge on any atom is 0.407 e. The van der Waals surface area contributed by atoms with E-state index in [1.165, 1.54) is 0 Å². The van der Waals surface area contributed by atoms with Crippen LogP contribution >= 0.6 is 0 Å². The van der Waals surface area contributed by atoms with Gasteiger partial charge in [0.05, 0.1) is 13.2 Å². The molecule has 0 saturated carbocycles. The summed E-state index contributed by atoms with van der Waals surface area (Å²) in [5.41, 5.74) is 4.91. The minimum absolute atomic E-state index is 0.0131. The van der Waals surface area contributed by atoms with Crippen LogP contribution in [0, 0.1) is 0 Å². The minimum Gasteiger partial charge on any atom is -0.459 e. The minimum atomic E-state index is -1.68. The molecule has 1 amide bonds. The van der Waals surface area contributed by atoms with E-state index in [1.807, 2.05) is 54.6 Å². The first-order chi connectivity index (χ1) is 20.4. The number of aliphatic hydroxyl groups excluding tert-OH is 4. The molecule has 42 heavy (non-hydrogen) atoms. The molecule has 222 valence electrons. The van der Waals surface area contributed by atoms with Gasteiger partial charge in [-0.15, -0.1) is 0 Å². The number of carbonyl (C=O) groups is 2. The van der Waals surface area contributed by atoms with Crippen LogP contribution in [0.25, 0.3) is 11.1 Å². The third-order valence-corrected chi connectivity index (χ3v) is 7.42. The fourth-order valence-electron chi connectivity index (χ4n) is 5.18. The molecule has 0 aromatic heterocycles. The Morgan fingerprint density at radius 2 is 1.43 bits per heavy atom. The Morgan fingerprint density at radius 3 is 2.07 bits per heavy atom. The predicted octanol–water partition coefficient (Wildman–Crippen LogP) is 1.45. The summed E-state index contributed by atoms with van der Waals surface area (Å²) >= 11 is 0. The van der Waals surface area contributed by atoms with Crippen molar-refractivity contribution in [2.24, 2.45) is 0 Å². The van der Waals surface area contributed by atoms with Crippen molar-refractivity contribution in [2.75, 3.05) is 19.8 Å². The van der Waals surface area contributed by atoms with Gasteiger partial charge < -0.3 is 44.7 Å². The van der Waals surface area contributed by atoms with Crippen molar-refractivity contribution in [1.29, 1.82) is 0 Å². The Labute approximate surface area is 242 Å². The number of fused-ring (bicyclic) bond motifs is 3. The quantitative estimate of drug-likeness (QED) is 0.222. The summed E-state index contributed by atoms with van der Waals surface area (Å²) < 4.78 is 21.8. The molecule has 0 radical (unpaired) electrons. The van der Waals surface area contributed by atoms with Gasteiger partial charge in [-0.3, -0.25) is 0 Å². The van der Waals surface area contributed by atoms with Gasteiger partial charge >= 0.3 is 12.1 Å². The average molecular weight is 580 g/mol. The maximum absolute atomic E-state index is 13.0. The summed E-state index contributed by atoms with van der Waals surface area (Å²) in [4.78, 5) is 26.0. The predicted molar refractivity (Wildman–Crippen MR) is 148 cm³/mol. The van der Waals surface area contributed by atoms with Crippen molar-refractivity contribution < 1.29 is 49.0 Å². The molecule has 3 aromatic carbocycles. The number of rotatable bonds is 10. The van der Waals surface area contributed by atoms with E-state index in [0.717, 1.165) is 27.8 Å². The lowest BCUT2D eigenvalue weighted by atomic mass is 9.98. The van der Waals surface area contributed by atoms with Crippen molar-refractivity contribution in [1.82, 2.24) is 5.32 Å². The van der Waals surface area contributed by atoms with Crippen LogP contribution in [0.4, 0.5) is 4.79 Å². The largest absolute Gasteiger partial charge is 0.459 e. The molecule has 3 aromatic rings. The van der Waals surface area contributed by atoms with Crippen LogP contribution in [-0.4, -0.2) is 89.1 Å². The van der Waals surface area contributed by atoms with E-state index in [9.17, 15) is 30.0 Å². The van der Waals surface area contributed by atoms with E-state index in [0.29, 0.717) is 0 Å². The molecule has 1 fully saturated rings. The smallest absolute Gasteiger partial charge is 0.407 e. The SMILES string of the molecule is O=C(N[C@@H](CO[C@H]1O[C@H](CO)[C@@H](O)[C@H](O)[C@@H]1O)C(=O)OCc1ccccc1)OCC1c2ccccc2-c2ccccc21. The lowest BCUT2D eigenvalue weighted by molar-refractivity contribution is -0.301. The van der Waals surface area contributed by atoms with Gasteiger partial charge in [0.2, 0.25) is 0 Å². The molecule has 1 aliphatic carbocycles. The number of hydrogen-bond acceptors (Lipinski definition) is 10. The number of hydrogen-bond donors (Lipinski definition) is 5. The fourth-order valence-corrected chi connectivity index (χ4v) is 5.18. The van der Waals surface area contributed by atoms with Crippen molar-refractivity contribution in [3.05, 3.63) is 95.6 Å². The standard InChI is InChI=1S/C31H33NO10/c33-14-25-26(34)27(35)28(36)30(42-25)40-17-24(29(37)39-15-18-8-2-1-3-9-18)32-31(38)41-16-23-21-12-6-4-10-19(21)20-11-5-7-13-22(20)23/h1-13,23-28,30,33-36H,14-17H2,(H,32,38)/t24-,25+,26+,27-,28-,30-/m0/s1. The Bertz CT molecular complexity index is 1320. The van der Waals surface area contributed by atoms with Crippen LogP contribution in [0.15, 0.2) is 78.9 Å². The zero-order valence-corrected chi connectivity index (χ0v) is 22.6. The van der Waals surface area contributed by atoms with Crippen molar-refractivity contribution >= 4 is 12.1 Å². The Kier molecular flexibility index (Phi) is 9.48. The molecule has 2 aliphatic rings. The van der Waals surface area contributed by atoms with Gasteiger partial charge in [0.25, 0.3) is 0 Å². The molecular weight excluding hydrogens is 546 g/mol. The summed E-state index contributed by atoms with van der Waals surface area (Å²) in [6.07, 6.45) is -8.52. The molecule has 5 N–H and O–H groups in total. The molecule has 5 rings (SSSR count). The van der Waals surface area contributed by atoms with E-state index in [4.69, 9.17) is 18.9 Å². The second-order valence-corrected chi connectivity index (χ2v) is 10.1. The van der Waals surface area contributed by atoms with Crippen LogP contribution in [0.2, 0.25) is 0 Å². The van der Waals surface area contributed by atoms with Crippen LogP contribution in [0.3, 0.4) is 0 Å². The number of benzene rings is 3. The highest BCUT2D eigenvalue weighted by molar-refractivity contribution is 5.82. The number of nitrogens with one attached hydrogen (secondary N) is 1. The zero-order valence-electron chi connectivity index (χ0n) is 22.6. The van der Waals surface area contributed by atoms with E-state index >= 15 is 0 Å². The summed E-state index contributed by atoms with van der Waals surface area (Å²) in [6, 6.07) is 23.3. The first-order valence-electron chi connectivity index (χ1n) is 13.6. The van der Waals surface area contributed by atoms with Gasteiger partial charge in [0.1, 0.15) is 37.6 Å². The van der Waals surface area contributed by atoms with Crippen molar-refractivity contribution in [3.8, 4) is 11.1 Å². The van der Waals surface area contributed by atoms with E-state index in [2.05, 4.69) is 5.32 Å².